The van der Waals surface area contributed by atoms with Gasteiger partial charge in [0.2, 0.25) is 0 Å². The van der Waals surface area contributed by atoms with Crippen molar-refractivity contribution in [3.63, 3.8) is 0 Å². The molecule has 0 bridgehead atoms. The molecule has 0 aliphatic rings. The van der Waals surface area contributed by atoms with Gasteiger partial charge in [0.1, 0.15) is 5.82 Å². The lowest BCUT2D eigenvalue weighted by Gasteiger charge is -2.08. The summed E-state index contributed by atoms with van der Waals surface area (Å²) in [6.07, 6.45) is 0. The highest BCUT2D eigenvalue weighted by Crippen LogP contribution is 2.09. The molecule has 0 heterocycles. The fourth-order valence-electron chi connectivity index (χ4n) is 1.87. The number of carbonyl (C=O) groups excluding carboxylic acids is 1. The Kier molecular flexibility index (Phi) is 5.29. The molecule has 0 atom stereocenters. The first kappa shape index (κ1) is 15.0. The van der Waals surface area contributed by atoms with Crippen molar-refractivity contribution in [3.05, 3.63) is 65.5 Å². The predicted octanol–water partition coefficient (Wildman–Crippen LogP) is 2.87. The largest absolute Gasteiger partial charge is 0.334 e. The Hall–Kier alpha value is -2.40. The van der Waals surface area contributed by atoms with Gasteiger partial charge in [-0.2, -0.15) is 0 Å². The standard InChI is InChI=1S/C16H18FN3O/c1-18-10-12-4-8-15(9-5-12)20-16(21)19-11-13-2-6-14(17)7-3-13/h2-9,18H,10-11H2,1H3,(H2,19,20,21). The monoisotopic (exact) mass is 287 g/mol. The molecule has 0 radical (unpaired) electrons. The molecular weight excluding hydrogens is 269 g/mol. The Labute approximate surface area is 123 Å². The van der Waals surface area contributed by atoms with Crippen LogP contribution in [0, 0.1) is 5.82 Å². The van der Waals surface area contributed by atoms with Gasteiger partial charge in [0.05, 0.1) is 0 Å². The maximum atomic E-state index is 12.8. The minimum absolute atomic E-state index is 0.287. The van der Waals surface area contributed by atoms with E-state index in [9.17, 15) is 9.18 Å². The van der Waals surface area contributed by atoms with Crippen LogP contribution in [0.15, 0.2) is 48.5 Å². The van der Waals surface area contributed by atoms with Crippen molar-refractivity contribution in [2.45, 2.75) is 13.1 Å². The summed E-state index contributed by atoms with van der Waals surface area (Å²) in [7, 11) is 1.88. The summed E-state index contributed by atoms with van der Waals surface area (Å²) >= 11 is 0. The summed E-state index contributed by atoms with van der Waals surface area (Å²) in [6.45, 7) is 1.14. The fraction of sp³-hybridized carbons (Fsp3) is 0.188. The molecule has 2 aromatic carbocycles. The molecule has 2 amide bonds. The molecule has 4 nitrogen and oxygen atoms in total. The number of hydrogen-bond donors (Lipinski definition) is 3. The van der Waals surface area contributed by atoms with E-state index in [1.54, 1.807) is 12.1 Å². The zero-order valence-electron chi connectivity index (χ0n) is 11.8. The quantitative estimate of drug-likeness (QED) is 0.792. The number of nitrogens with one attached hydrogen (secondary N) is 3. The predicted molar refractivity (Wildman–Crippen MR) is 81.5 cm³/mol. The Balaban J connectivity index is 1.82. The SMILES string of the molecule is CNCc1ccc(NC(=O)NCc2ccc(F)cc2)cc1. The molecule has 21 heavy (non-hydrogen) atoms. The van der Waals surface area contributed by atoms with Crippen LogP contribution in [-0.4, -0.2) is 13.1 Å². The summed E-state index contributed by atoms with van der Waals surface area (Å²) in [5.41, 5.74) is 2.72. The Bertz CT molecular complexity index is 581. The fourth-order valence-corrected chi connectivity index (χ4v) is 1.87. The second-order valence-electron chi connectivity index (χ2n) is 4.66. The summed E-state index contributed by atoms with van der Waals surface area (Å²) in [5.74, 6) is -0.287. The van der Waals surface area contributed by atoms with Gasteiger partial charge in [0.25, 0.3) is 0 Å². The Morgan fingerprint density at radius 1 is 0.952 bits per heavy atom. The van der Waals surface area contributed by atoms with Gasteiger partial charge in [0, 0.05) is 18.8 Å². The van der Waals surface area contributed by atoms with Crippen LogP contribution in [0.1, 0.15) is 11.1 Å². The van der Waals surface area contributed by atoms with E-state index < -0.39 is 0 Å². The molecule has 2 rings (SSSR count). The summed E-state index contributed by atoms with van der Waals surface area (Å²) in [4.78, 5) is 11.8. The number of carbonyl (C=O) groups is 1. The van der Waals surface area contributed by atoms with E-state index in [4.69, 9.17) is 0 Å². The number of amides is 2. The van der Waals surface area contributed by atoms with Crippen molar-refractivity contribution in [1.29, 1.82) is 0 Å². The lowest BCUT2D eigenvalue weighted by Crippen LogP contribution is -2.28. The van der Waals surface area contributed by atoms with Gasteiger partial charge < -0.3 is 16.0 Å². The second-order valence-corrected chi connectivity index (χ2v) is 4.66. The summed E-state index contributed by atoms with van der Waals surface area (Å²) < 4.78 is 12.8. The molecule has 0 fully saturated rings. The molecule has 0 unspecified atom stereocenters. The van der Waals surface area contributed by atoms with E-state index in [1.807, 2.05) is 31.3 Å². The number of hydrogen-bond acceptors (Lipinski definition) is 2. The first-order chi connectivity index (χ1) is 10.2. The minimum atomic E-state index is -0.291. The topological polar surface area (TPSA) is 53.2 Å². The van der Waals surface area contributed by atoms with Crippen molar-refractivity contribution in [1.82, 2.24) is 10.6 Å². The number of rotatable bonds is 5. The van der Waals surface area contributed by atoms with Crippen LogP contribution < -0.4 is 16.0 Å². The van der Waals surface area contributed by atoms with Gasteiger partial charge in [0.15, 0.2) is 0 Å². The van der Waals surface area contributed by atoms with Crippen LogP contribution in [-0.2, 0) is 13.1 Å². The molecule has 110 valence electrons. The second kappa shape index (κ2) is 7.40. The molecule has 0 saturated carbocycles. The Morgan fingerprint density at radius 2 is 1.52 bits per heavy atom. The van der Waals surface area contributed by atoms with Crippen molar-refractivity contribution in [2.75, 3.05) is 12.4 Å². The number of urea groups is 1. The van der Waals surface area contributed by atoms with Gasteiger partial charge in [-0.15, -0.1) is 0 Å². The average Bonchev–Trinajstić information content (AvgIpc) is 2.49. The highest BCUT2D eigenvalue weighted by Gasteiger charge is 2.02. The molecule has 0 aliphatic carbocycles. The summed E-state index contributed by atoms with van der Waals surface area (Å²) in [6, 6.07) is 13.3. The van der Waals surface area contributed by atoms with E-state index in [0.717, 1.165) is 23.4 Å². The van der Waals surface area contributed by atoms with Crippen LogP contribution in [0.5, 0.6) is 0 Å². The molecule has 2 aromatic rings. The third-order valence-electron chi connectivity index (χ3n) is 2.96. The van der Waals surface area contributed by atoms with Crippen molar-refractivity contribution >= 4 is 11.7 Å². The van der Waals surface area contributed by atoms with Crippen LogP contribution in [0.25, 0.3) is 0 Å². The normalized spacial score (nSPS) is 10.2. The smallest absolute Gasteiger partial charge is 0.319 e. The van der Waals surface area contributed by atoms with Crippen LogP contribution in [0.2, 0.25) is 0 Å². The van der Waals surface area contributed by atoms with Gasteiger partial charge in [-0.05, 0) is 42.4 Å². The van der Waals surface area contributed by atoms with Gasteiger partial charge in [-0.25, -0.2) is 9.18 Å². The maximum Gasteiger partial charge on any atom is 0.319 e. The Morgan fingerprint density at radius 3 is 2.14 bits per heavy atom. The van der Waals surface area contributed by atoms with E-state index in [0.29, 0.717) is 6.54 Å². The van der Waals surface area contributed by atoms with Crippen molar-refractivity contribution < 1.29 is 9.18 Å². The molecule has 5 heteroatoms. The minimum Gasteiger partial charge on any atom is -0.334 e. The molecule has 3 N–H and O–H groups in total. The van der Waals surface area contributed by atoms with Crippen LogP contribution in [0.3, 0.4) is 0 Å². The number of anilines is 1. The van der Waals surface area contributed by atoms with Gasteiger partial charge in [-0.1, -0.05) is 24.3 Å². The zero-order chi connectivity index (χ0) is 15.1. The molecule has 0 spiro atoms. The van der Waals surface area contributed by atoms with Gasteiger partial charge in [-0.3, -0.25) is 0 Å². The first-order valence-electron chi connectivity index (χ1n) is 6.70. The third-order valence-corrected chi connectivity index (χ3v) is 2.96. The molecule has 0 saturated heterocycles. The van der Waals surface area contributed by atoms with Crippen LogP contribution >= 0.6 is 0 Å². The molecule has 0 aliphatic heterocycles. The lowest BCUT2D eigenvalue weighted by molar-refractivity contribution is 0.251. The van der Waals surface area contributed by atoms with Gasteiger partial charge >= 0.3 is 6.03 Å². The van der Waals surface area contributed by atoms with Crippen LogP contribution in [0.4, 0.5) is 14.9 Å². The van der Waals surface area contributed by atoms with Crippen molar-refractivity contribution in [2.24, 2.45) is 0 Å². The lowest BCUT2D eigenvalue weighted by atomic mass is 10.2. The van der Waals surface area contributed by atoms with E-state index >= 15 is 0 Å². The summed E-state index contributed by atoms with van der Waals surface area (Å²) in [5, 5.41) is 8.53. The highest BCUT2D eigenvalue weighted by molar-refractivity contribution is 5.89. The highest BCUT2D eigenvalue weighted by atomic mass is 19.1. The molecular formula is C16H18FN3O. The van der Waals surface area contributed by atoms with Crippen molar-refractivity contribution in [3.8, 4) is 0 Å². The maximum absolute atomic E-state index is 12.8. The first-order valence-corrected chi connectivity index (χ1v) is 6.70. The van der Waals surface area contributed by atoms with E-state index in [2.05, 4.69) is 16.0 Å². The zero-order valence-corrected chi connectivity index (χ0v) is 11.8. The van der Waals surface area contributed by atoms with E-state index in [1.165, 1.54) is 12.1 Å². The number of halogens is 1. The molecule has 0 aromatic heterocycles. The number of benzene rings is 2. The third kappa shape index (κ3) is 4.89. The van der Waals surface area contributed by atoms with E-state index in [-0.39, 0.29) is 11.8 Å². The average molecular weight is 287 g/mol.